The lowest BCUT2D eigenvalue weighted by Gasteiger charge is -1.99. The molecular formula is C6H4N2O4. The van der Waals surface area contributed by atoms with Crippen molar-refractivity contribution in [3.8, 4) is 11.5 Å². The van der Waals surface area contributed by atoms with Crippen LogP contribution >= 0.6 is 0 Å². The normalized spacial score (nSPS) is 9.33. The van der Waals surface area contributed by atoms with Crippen molar-refractivity contribution >= 4 is 11.4 Å². The quantitative estimate of drug-likeness (QED) is 0.658. The number of phenolic OH excluding ortho intramolecular Hbond substituents is 2. The largest absolute Gasteiger partial charge is 0.505 e. The van der Waals surface area contributed by atoms with Crippen LogP contribution in [0.5, 0.6) is 11.5 Å². The summed E-state index contributed by atoms with van der Waals surface area (Å²) in [5.74, 6) is -1.20. The number of hydrogen-bond donors (Lipinski definition) is 2. The molecule has 0 unspecified atom stereocenters. The summed E-state index contributed by atoms with van der Waals surface area (Å²) >= 11 is 0. The van der Waals surface area contributed by atoms with Crippen molar-refractivity contribution in [1.82, 2.24) is 0 Å². The van der Waals surface area contributed by atoms with E-state index < -0.39 is 17.2 Å². The van der Waals surface area contributed by atoms with Crippen LogP contribution in [-0.4, -0.2) is 10.2 Å². The summed E-state index contributed by atoms with van der Waals surface area (Å²) in [5.41, 5.74) is -0.908. The molecule has 1 aromatic carbocycles. The van der Waals surface area contributed by atoms with E-state index in [4.69, 9.17) is 10.2 Å². The van der Waals surface area contributed by atoms with Crippen LogP contribution < -0.4 is 0 Å². The average Bonchev–Trinajstić information content (AvgIpc) is 2.06. The van der Waals surface area contributed by atoms with Crippen LogP contribution in [0.25, 0.3) is 0 Å². The fourth-order valence-electron chi connectivity index (χ4n) is 0.722. The van der Waals surface area contributed by atoms with Gasteiger partial charge in [-0.2, -0.15) is 0 Å². The highest BCUT2D eigenvalue weighted by Gasteiger charge is 2.12. The fourth-order valence-corrected chi connectivity index (χ4v) is 0.722. The molecule has 1 rings (SSSR count). The van der Waals surface area contributed by atoms with Gasteiger partial charge in [0.2, 0.25) is 0 Å². The molecule has 0 heterocycles. The van der Waals surface area contributed by atoms with Gasteiger partial charge in [-0.1, -0.05) is 0 Å². The molecule has 62 valence electrons. The van der Waals surface area contributed by atoms with E-state index in [1.165, 1.54) is 0 Å². The highest BCUT2D eigenvalue weighted by Crippen LogP contribution is 2.42. The minimum Gasteiger partial charge on any atom is -0.505 e. The first-order chi connectivity index (χ1) is 5.70. The summed E-state index contributed by atoms with van der Waals surface area (Å²) in [6.45, 7) is 0. The van der Waals surface area contributed by atoms with Crippen LogP contribution in [-0.2, 0) is 0 Å². The third-order valence-electron chi connectivity index (χ3n) is 1.30. The zero-order chi connectivity index (χ0) is 9.14. The Labute approximate surface area is 66.4 Å². The first-order valence-electron chi connectivity index (χ1n) is 2.92. The van der Waals surface area contributed by atoms with Crippen molar-refractivity contribution in [3.63, 3.8) is 0 Å². The van der Waals surface area contributed by atoms with Crippen LogP contribution in [0.1, 0.15) is 0 Å². The first-order valence-corrected chi connectivity index (χ1v) is 2.92. The van der Waals surface area contributed by atoms with Crippen LogP contribution in [0.2, 0.25) is 0 Å². The van der Waals surface area contributed by atoms with Gasteiger partial charge >= 0.3 is 0 Å². The van der Waals surface area contributed by atoms with E-state index in [0.717, 1.165) is 12.1 Å². The number of benzene rings is 1. The summed E-state index contributed by atoms with van der Waals surface area (Å²) in [5, 5.41) is 22.7. The topological polar surface area (TPSA) is 99.3 Å². The Morgan fingerprint density at radius 2 is 1.75 bits per heavy atom. The summed E-state index contributed by atoms with van der Waals surface area (Å²) < 4.78 is 0. The lowest BCUT2D eigenvalue weighted by molar-refractivity contribution is 0.454. The molecule has 0 aliphatic heterocycles. The minimum absolute atomic E-state index is 0.331. The van der Waals surface area contributed by atoms with Gasteiger partial charge in [-0.25, -0.2) is 0 Å². The van der Waals surface area contributed by atoms with E-state index in [2.05, 4.69) is 10.4 Å². The lowest BCUT2D eigenvalue weighted by Crippen LogP contribution is -1.71. The molecule has 6 heteroatoms. The Kier molecular flexibility index (Phi) is 2.00. The van der Waals surface area contributed by atoms with Crippen LogP contribution in [0, 0.1) is 9.81 Å². The van der Waals surface area contributed by atoms with Gasteiger partial charge in [0.05, 0.1) is 0 Å². The number of nitrogens with zero attached hydrogens (tertiary/aromatic N) is 2. The Hall–Kier alpha value is -1.98. The van der Waals surface area contributed by atoms with E-state index in [1.807, 2.05) is 0 Å². The van der Waals surface area contributed by atoms with Gasteiger partial charge < -0.3 is 10.2 Å². The molecule has 0 aliphatic carbocycles. The van der Waals surface area contributed by atoms with Gasteiger partial charge in [0, 0.05) is 0 Å². The third kappa shape index (κ3) is 1.09. The van der Waals surface area contributed by atoms with E-state index in [-0.39, 0.29) is 5.69 Å². The summed E-state index contributed by atoms with van der Waals surface area (Å²) in [6, 6.07) is 2.12. The maximum atomic E-state index is 10.0. The molecule has 12 heavy (non-hydrogen) atoms. The van der Waals surface area contributed by atoms with Crippen molar-refractivity contribution in [2.24, 2.45) is 10.4 Å². The monoisotopic (exact) mass is 168 g/mol. The molecule has 0 amide bonds. The third-order valence-corrected chi connectivity index (χ3v) is 1.30. The maximum Gasteiger partial charge on any atom is 0.193 e. The molecule has 0 fully saturated rings. The smallest absolute Gasteiger partial charge is 0.193 e. The number of nitroso groups, excluding NO2 is 2. The second kappa shape index (κ2) is 2.95. The van der Waals surface area contributed by atoms with Crippen molar-refractivity contribution in [3.05, 3.63) is 21.9 Å². The minimum atomic E-state index is -0.708. The van der Waals surface area contributed by atoms with Crippen molar-refractivity contribution in [2.45, 2.75) is 0 Å². The van der Waals surface area contributed by atoms with Crippen molar-refractivity contribution < 1.29 is 10.2 Å². The van der Waals surface area contributed by atoms with Gasteiger partial charge in [0.25, 0.3) is 0 Å². The standard InChI is InChI=1S/C6H4N2O4/c9-4-2-1-3(7-11)6(10)5(4)8-12/h1-2,9-10H. The van der Waals surface area contributed by atoms with E-state index in [9.17, 15) is 9.81 Å². The molecule has 0 bridgehead atoms. The molecule has 0 radical (unpaired) electrons. The molecule has 2 N–H and O–H groups in total. The van der Waals surface area contributed by atoms with Crippen LogP contribution in [0.4, 0.5) is 11.4 Å². The Morgan fingerprint density at radius 3 is 2.25 bits per heavy atom. The van der Waals surface area contributed by atoms with E-state index in [1.54, 1.807) is 0 Å². The van der Waals surface area contributed by atoms with Gasteiger partial charge in [0.1, 0.15) is 5.75 Å². The van der Waals surface area contributed by atoms with Gasteiger partial charge in [-0.3, -0.25) is 0 Å². The van der Waals surface area contributed by atoms with E-state index in [0.29, 0.717) is 0 Å². The molecular weight excluding hydrogens is 164 g/mol. The fraction of sp³-hybridized carbons (Fsp3) is 0. The highest BCUT2D eigenvalue weighted by molar-refractivity contribution is 5.71. The van der Waals surface area contributed by atoms with Crippen molar-refractivity contribution in [1.29, 1.82) is 0 Å². The second-order valence-corrected chi connectivity index (χ2v) is 1.98. The van der Waals surface area contributed by atoms with Gasteiger partial charge in [0.15, 0.2) is 17.1 Å². The molecule has 0 aromatic heterocycles. The highest BCUT2D eigenvalue weighted by atomic mass is 16.3. The van der Waals surface area contributed by atoms with Gasteiger partial charge in [-0.05, 0) is 22.5 Å². The summed E-state index contributed by atoms with van der Waals surface area (Å²) in [6.07, 6.45) is 0. The predicted molar refractivity (Wildman–Crippen MR) is 40.7 cm³/mol. The number of aromatic hydroxyl groups is 2. The Balaban J connectivity index is 3.43. The van der Waals surface area contributed by atoms with Gasteiger partial charge in [-0.15, -0.1) is 9.81 Å². The molecule has 0 spiro atoms. The Morgan fingerprint density at radius 1 is 1.08 bits per heavy atom. The molecule has 0 saturated heterocycles. The van der Waals surface area contributed by atoms with Crippen LogP contribution in [0.3, 0.4) is 0 Å². The number of hydrogen-bond acceptors (Lipinski definition) is 6. The predicted octanol–water partition coefficient (Wildman–Crippen LogP) is 1.89. The summed E-state index contributed by atoms with van der Waals surface area (Å²) in [4.78, 5) is 20.0. The lowest BCUT2D eigenvalue weighted by atomic mass is 10.2. The average molecular weight is 168 g/mol. The second-order valence-electron chi connectivity index (χ2n) is 1.98. The SMILES string of the molecule is O=Nc1ccc(O)c(N=O)c1O. The molecule has 0 atom stereocenters. The maximum absolute atomic E-state index is 10.0. The van der Waals surface area contributed by atoms with Crippen LogP contribution in [0.15, 0.2) is 22.5 Å². The number of phenols is 2. The molecule has 6 nitrogen and oxygen atoms in total. The molecule has 0 aliphatic rings. The summed E-state index contributed by atoms with van der Waals surface area (Å²) in [7, 11) is 0. The van der Waals surface area contributed by atoms with E-state index >= 15 is 0 Å². The zero-order valence-corrected chi connectivity index (χ0v) is 5.76. The molecule has 0 saturated carbocycles. The molecule has 1 aromatic rings. The Bertz CT molecular complexity index is 337. The first kappa shape index (κ1) is 8.12. The van der Waals surface area contributed by atoms with Crippen molar-refractivity contribution in [2.75, 3.05) is 0 Å². The zero-order valence-electron chi connectivity index (χ0n) is 5.76. The number of rotatable bonds is 2.